The Morgan fingerprint density at radius 2 is 1.89 bits per heavy atom. The maximum atomic E-state index is 5.71. The minimum atomic E-state index is 0.524. The summed E-state index contributed by atoms with van der Waals surface area (Å²) in [6.45, 7) is 0.524. The molecule has 0 N–H and O–H groups in total. The van der Waals surface area contributed by atoms with Crippen molar-refractivity contribution >= 4 is 38.5 Å². The van der Waals surface area contributed by atoms with Gasteiger partial charge < -0.3 is 9.47 Å². The average Bonchev–Trinajstić information content (AvgIpc) is 2.36. The van der Waals surface area contributed by atoms with Gasteiger partial charge in [0, 0.05) is 12.1 Å². The Hall–Kier alpha value is -0.820. The molecule has 0 aliphatic heterocycles. The van der Waals surface area contributed by atoms with E-state index in [2.05, 4.69) is 43.5 Å². The monoisotopic (exact) mass is 419 g/mol. The van der Waals surface area contributed by atoms with E-state index in [1.165, 1.54) is 0 Å². The summed E-state index contributed by atoms with van der Waals surface area (Å²) in [4.78, 5) is 4.22. The van der Waals surface area contributed by atoms with Crippen LogP contribution in [0.1, 0.15) is 5.56 Å². The van der Waals surface area contributed by atoms with Crippen LogP contribution in [0.15, 0.2) is 41.0 Å². The van der Waals surface area contributed by atoms with E-state index in [1.54, 1.807) is 7.11 Å². The summed E-state index contributed by atoms with van der Waals surface area (Å²) < 4.78 is 12.5. The molecule has 1 aromatic carbocycles. The molecule has 0 aliphatic carbocycles. The smallest absolute Gasteiger partial charge is 0.125 e. The number of nitrogens with zero attached hydrogens (tertiary/aromatic N) is 1. The zero-order chi connectivity index (χ0) is 13.0. The van der Waals surface area contributed by atoms with Crippen molar-refractivity contribution in [2.45, 2.75) is 6.61 Å². The van der Waals surface area contributed by atoms with Crippen molar-refractivity contribution in [1.29, 1.82) is 0 Å². The topological polar surface area (TPSA) is 31.4 Å². The number of benzene rings is 1. The summed E-state index contributed by atoms with van der Waals surface area (Å²) in [6.07, 6.45) is 0. The SMILES string of the molecule is COc1ccc(COc2cc(Br)nc(I)c2)cc1. The van der Waals surface area contributed by atoms with Crippen LogP contribution in [-0.2, 0) is 6.61 Å². The molecule has 94 valence electrons. The molecule has 0 saturated heterocycles. The number of rotatable bonds is 4. The van der Waals surface area contributed by atoms with Crippen molar-refractivity contribution in [3.63, 3.8) is 0 Å². The number of methoxy groups -OCH3 is 1. The Morgan fingerprint density at radius 1 is 1.17 bits per heavy atom. The highest BCUT2D eigenvalue weighted by atomic mass is 127. The van der Waals surface area contributed by atoms with E-state index in [-0.39, 0.29) is 0 Å². The summed E-state index contributed by atoms with van der Waals surface area (Å²) in [6, 6.07) is 11.6. The third kappa shape index (κ3) is 3.84. The lowest BCUT2D eigenvalue weighted by molar-refractivity contribution is 0.305. The van der Waals surface area contributed by atoms with Gasteiger partial charge in [0.15, 0.2) is 0 Å². The van der Waals surface area contributed by atoms with E-state index in [1.807, 2.05) is 36.4 Å². The van der Waals surface area contributed by atoms with Crippen LogP contribution < -0.4 is 9.47 Å². The molecule has 0 saturated carbocycles. The fourth-order valence-electron chi connectivity index (χ4n) is 1.41. The molecule has 0 unspecified atom stereocenters. The second-order valence-electron chi connectivity index (χ2n) is 3.59. The van der Waals surface area contributed by atoms with E-state index in [4.69, 9.17) is 9.47 Å². The van der Waals surface area contributed by atoms with E-state index < -0.39 is 0 Å². The maximum absolute atomic E-state index is 5.71. The summed E-state index contributed by atoms with van der Waals surface area (Å²) in [7, 11) is 1.65. The van der Waals surface area contributed by atoms with Gasteiger partial charge in [0.1, 0.15) is 26.4 Å². The van der Waals surface area contributed by atoms with Crippen LogP contribution in [0.5, 0.6) is 11.5 Å². The normalized spacial score (nSPS) is 10.2. The molecular weight excluding hydrogens is 409 g/mol. The van der Waals surface area contributed by atoms with Crippen LogP contribution >= 0.6 is 38.5 Å². The van der Waals surface area contributed by atoms with E-state index in [9.17, 15) is 0 Å². The Balaban J connectivity index is 2.01. The highest BCUT2D eigenvalue weighted by Gasteiger charge is 2.01. The highest BCUT2D eigenvalue weighted by Crippen LogP contribution is 2.20. The molecule has 0 fully saturated rings. The number of ether oxygens (including phenoxy) is 2. The Morgan fingerprint density at radius 3 is 2.50 bits per heavy atom. The van der Waals surface area contributed by atoms with Gasteiger partial charge in [-0.2, -0.15) is 0 Å². The Kier molecular flexibility index (Phi) is 4.82. The quantitative estimate of drug-likeness (QED) is 0.553. The fourth-order valence-corrected chi connectivity index (χ4v) is 2.73. The molecular formula is C13H11BrINO2. The molecule has 0 spiro atoms. The zero-order valence-electron chi connectivity index (χ0n) is 9.69. The summed E-state index contributed by atoms with van der Waals surface area (Å²) in [5.41, 5.74) is 1.10. The van der Waals surface area contributed by atoms with Gasteiger partial charge in [0.05, 0.1) is 7.11 Å². The predicted octanol–water partition coefficient (Wildman–Crippen LogP) is 4.04. The molecule has 0 bridgehead atoms. The second-order valence-corrected chi connectivity index (χ2v) is 5.50. The van der Waals surface area contributed by atoms with Crippen LogP contribution in [-0.4, -0.2) is 12.1 Å². The molecule has 0 radical (unpaired) electrons. The third-order valence-corrected chi connectivity index (χ3v) is 3.26. The van der Waals surface area contributed by atoms with Gasteiger partial charge >= 0.3 is 0 Å². The first-order chi connectivity index (χ1) is 8.67. The first kappa shape index (κ1) is 13.6. The van der Waals surface area contributed by atoms with Gasteiger partial charge in [-0.3, -0.25) is 0 Å². The van der Waals surface area contributed by atoms with Crippen LogP contribution in [0.2, 0.25) is 0 Å². The van der Waals surface area contributed by atoms with Gasteiger partial charge in [0.25, 0.3) is 0 Å². The first-order valence-corrected chi connectivity index (χ1v) is 7.13. The summed E-state index contributed by atoms with van der Waals surface area (Å²) >= 11 is 5.50. The Bertz CT molecular complexity index is 511. The van der Waals surface area contributed by atoms with Gasteiger partial charge in [-0.25, -0.2) is 4.98 Å². The van der Waals surface area contributed by atoms with E-state index >= 15 is 0 Å². The first-order valence-electron chi connectivity index (χ1n) is 5.26. The number of hydrogen-bond donors (Lipinski definition) is 0. The lowest BCUT2D eigenvalue weighted by Gasteiger charge is -2.07. The largest absolute Gasteiger partial charge is 0.497 e. The lowest BCUT2D eigenvalue weighted by Crippen LogP contribution is -1.96. The maximum Gasteiger partial charge on any atom is 0.125 e. The van der Waals surface area contributed by atoms with Gasteiger partial charge in [-0.15, -0.1) is 0 Å². The molecule has 1 heterocycles. The van der Waals surface area contributed by atoms with Crippen molar-refractivity contribution in [1.82, 2.24) is 4.98 Å². The predicted molar refractivity (Wildman–Crippen MR) is 82.0 cm³/mol. The highest BCUT2D eigenvalue weighted by molar-refractivity contribution is 14.1. The minimum Gasteiger partial charge on any atom is -0.497 e. The van der Waals surface area contributed by atoms with Crippen molar-refractivity contribution in [3.8, 4) is 11.5 Å². The van der Waals surface area contributed by atoms with Crippen molar-refractivity contribution < 1.29 is 9.47 Å². The molecule has 3 nitrogen and oxygen atoms in total. The van der Waals surface area contributed by atoms with Crippen LogP contribution in [0.4, 0.5) is 0 Å². The number of halogens is 2. The zero-order valence-corrected chi connectivity index (χ0v) is 13.4. The molecule has 0 atom stereocenters. The van der Waals surface area contributed by atoms with Crippen molar-refractivity contribution in [3.05, 3.63) is 50.3 Å². The molecule has 5 heteroatoms. The molecule has 1 aromatic heterocycles. The minimum absolute atomic E-state index is 0.524. The second kappa shape index (κ2) is 6.38. The van der Waals surface area contributed by atoms with Gasteiger partial charge in [-0.1, -0.05) is 12.1 Å². The number of aromatic nitrogens is 1. The molecule has 0 aliphatic rings. The molecule has 2 rings (SSSR count). The Labute approximate surface area is 128 Å². The summed E-state index contributed by atoms with van der Waals surface area (Å²) in [5, 5.41) is 0. The third-order valence-electron chi connectivity index (χ3n) is 2.30. The number of pyridine rings is 1. The fraction of sp³-hybridized carbons (Fsp3) is 0.154. The molecule has 18 heavy (non-hydrogen) atoms. The summed E-state index contributed by atoms with van der Waals surface area (Å²) in [5.74, 6) is 1.65. The average molecular weight is 420 g/mol. The lowest BCUT2D eigenvalue weighted by atomic mass is 10.2. The van der Waals surface area contributed by atoms with Gasteiger partial charge in [0.2, 0.25) is 0 Å². The molecule has 0 amide bonds. The number of hydrogen-bond acceptors (Lipinski definition) is 3. The molecule has 2 aromatic rings. The van der Waals surface area contributed by atoms with Crippen molar-refractivity contribution in [2.75, 3.05) is 7.11 Å². The van der Waals surface area contributed by atoms with Crippen LogP contribution in [0.3, 0.4) is 0 Å². The van der Waals surface area contributed by atoms with E-state index in [0.29, 0.717) is 6.61 Å². The van der Waals surface area contributed by atoms with Crippen LogP contribution in [0, 0.1) is 3.70 Å². The van der Waals surface area contributed by atoms with E-state index in [0.717, 1.165) is 25.4 Å². The van der Waals surface area contributed by atoms with Crippen LogP contribution in [0.25, 0.3) is 0 Å². The van der Waals surface area contributed by atoms with Crippen molar-refractivity contribution in [2.24, 2.45) is 0 Å². The van der Waals surface area contributed by atoms with Gasteiger partial charge in [-0.05, 0) is 56.2 Å². The standard InChI is InChI=1S/C13H11BrINO2/c1-17-10-4-2-9(3-5-10)8-18-11-6-12(14)16-13(15)7-11/h2-7H,8H2,1H3.